The molecule has 1 heterocycles. The van der Waals surface area contributed by atoms with Crippen molar-refractivity contribution in [1.82, 2.24) is 15.2 Å². The highest BCUT2D eigenvalue weighted by Crippen LogP contribution is 2.29. The maximum absolute atomic E-state index is 4.40. The SMILES string of the molecule is CCC1CCCC(Nc2cccc(-c3n[nH]c(C)n3)c2)C1. The first-order valence-electron chi connectivity index (χ1n) is 8.00. The summed E-state index contributed by atoms with van der Waals surface area (Å²) in [5.41, 5.74) is 2.24. The monoisotopic (exact) mass is 284 g/mol. The standard InChI is InChI=1S/C17H24N4/c1-3-13-6-4-8-15(10-13)19-16-9-5-7-14(11-16)17-18-12(2)20-21-17/h5,7,9,11,13,15,19H,3-4,6,8,10H2,1-2H3,(H,18,20,21). The molecule has 0 radical (unpaired) electrons. The molecule has 4 nitrogen and oxygen atoms in total. The van der Waals surface area contributed by atoms with E-state index in [2.05, 4.69) is 51.7 Å². The van der Waals surface area contributed by atoms with Crippen LogP contribution in [0, 0.1) is 12.8 Å². The van der Waals surface area contributed by atoms with E-state index in [1.165, 1.54) is 37.8 Å². The van der Waals surface area contributed by atoms with Crippen LogP contribution in [0.5, 0.6) is 0 Å². The Morgan fingerprint density at radius 2 is 2.24 bits per heavy atom. The lowest BCUT2D eigenvalue weighted by Crippen LogP contribution is -2.27. The molecular weight excluding hydrogens is 260 g/mol. The Morgan fingerprint density at radius 1 is 1.33 bits per heavy atom. The Morgan fingerprint density at radius 3 is 3.00 bits per heavy atom. The van der Waals surface area contributed by atoms with Crippen LogP contribution in [0.4, 0.5) is 5.69 Å². The molecule has 2 atom stereocenters. The van der Waals surface area contributed by atoms with E-state index in [0.29, 0.717) is 6.04 Å². The molecule has 1 aromatic heterocycles. The summed E-state index contributed by atoms with van der Waals surface area (Å²) >= 11 is 0. The summed E-state index contributed by atoms with van der Waals surface area (Å²) in [6.07, 6.45) is 6.61. The third-order valence-corrected chi connectivity index (χ3v) is 4.45. The van der Waals surface area contributed by atoms with Gasteiger partial charge < -0.3 is 5.32 Å². The van der Waals surface area contributed by atoms with Gasteiger partial charge in [0, 0.05) is 17.3 Å². The van der Waals surface area contributed by atoms with E-state index in [-0.39, 0.29) is 0 Å². The fourth-order valence-electron chi connectivity index (χ4n) is 3.25. The van der Waals surface area contributed by atoms with E-state index < -0.39 is 0 Å². The maximum atomic E-state index is 4.40. The highest BCUT2D eigenvalue weighted by molar-refractivity contribution is 5.62. The van der Waals surface area contributed by atoms with Crippen LogP contribution >= 0.6 is 0 Å². The molecule has 0 aliphatic heterocycles. The van der Waals surface area contributed by atoms with Crippen molar-refractivity contribution in [2.24, 2.45) is 5.92 Å². The number of nitrogens with one attached hydrogen (secondary N) is 2. The van der Waals surface area contributed by atoms with Crippen LogP contribution in [-0.4, -0.2) is 21.2 Å². The average Bonchev–Trinajstić information content (AvgIpc) is 2.94. The number of hydrogen-bond acceptors (Lipinski definition) is 3. The highest BCUT2D eigenvalue weighted by Gasteiger charge is 2.20. The van der Waals surface area contributed by atoms with Gasteiger partial charge in [0.1, 0.15) is 5.82 Å². The topological polar surface area (TPSA) is 53.6 Å². The third-order valence-electron chi connectivity index (χ3n) is 4.45. The minimum Gasteiger partial charge on any atom is -0.382 e. The van der Waals surface area contributed by atoms with Crippen molar-refractivity contribution in [2.75, 3.05) is 5.32 Å². The molecule has 2 unspecified atom stereocenters. The molecule has 0 spiro atoms. The molecule has 1 aliphatic carbocycles. The van der Waals surface area contributed by atoms with Gasteiger partial charge in [0.05, 0.1) is 0 Å². The Kier molecular flexibility index (Phi) is 4.23. The number of aryl methyl sites for hydroxylation is 1. The van der Waals surface area contributed by atoms with Crippen molar-refractivity contribution in [2.45, 2.75) is 52.0 Å². The second-order valence-corrected chi connectivity index (χ2v) is 6.11. The number of nitrogens with zero attached hydrogens (tertiary/aromatic N) is 2. The predicted molar refractivity (Wildman–Crippen MR) is 86.2 cm³/mol. The van der Waals surface area contributed by atoms with Crippen LogP contribution in [0.15, 0.2) is 24.3 Å². The summed E-state index contributed by atoms with van der Waals surface area (Å²) < 4.78 is 0. The quantitative estimate of drug-likeness (QED) is 0.886. The van der Waals surface area contributed by atoms with Gasteiger partial charge in [0.15, 0.2) is 5.82 Å². The van der Waals surface area contributed by atoms with Crippen molar-refractivity contribution in [3.63, 3.8) is 0 Å². The zero-order valence-corrected chi connectivity index (χ0v) is 12.9. The van der Waals surface area contributed by atoms with E-state index in [1.807, 2.05) is 6.92 Å². The number of anilines is 1. The van der Waals surface area contributed by atoms with Crippen LogP contribution in [0.25, 0.3) is 11.4 Å². The molecule has 2 N–H and O–H groups in total. The minimum absolute atomic E-state index is 0.604. The van der Waals surface area contributed by atoms with Crippen molar-refractivity contribution < 1.29 is 0 Å². The third kappa shape index (κ3) is 3.43. The maximum Gasteiger partial charge on any atom is 0.181 e. The van der Waals surface area contributed by atoms with E-state index in [0.717, 1.165) is 23.1 Å². The van der Waals surface area contributed by atoms with Crippen LogP contribution in [0.1, 0.15) is 44.9 Å². The van der Waals surface area contributed by atoms with Gasteiger partial charge in [-0.15, -0.1) is 0 Å². The number of aromatic nitrogens is 3. The van der Waals surface area contributed by atoms with Crippen molar-refractivity contribution in [1.29, 1.82) is 0 Å². The normalized spacial score (nSPS) is 22.2. The molecule has 4 heteroatoms. The Balaban J connectivity index is 1.71. The second-order valence-electron chi connectivity index (χ2n) is 6.11. The zero-order valence-electron chi connectivity index (χ0n) is 12.9. The first-order chi connectivity index (χ1) is 10.2. The number of aromatic amines is 1. The van der Waals surface area contributed by atoms with Gasteiger partial charge in [-0.2, -0.15) is 5.10 Å². The van der Waals surface area contributed by atoms with Crippen molar-refractivity contribution in [3.05, 3.63) is 30.1 Å². The predicted octanol–water partition coefficient (Wildman–Crippen LogP) is 4.16. The Labute approximate surface area is 126 Å². The van der Waals surface area contributed by atoms with Gasteiger partial charge in [0.2, 0.25) is 0 Å². The van der Waals surface area contributed by atoms with E-state index in [9.17, 15) is 0 Å². The van der Waals surface area contributed by atoms with Gasteiger partial charge >= 0.3 is 0 Å². The highest BCUT2D eigenvalue weighted by atomic mass is 15.2. The summed E-state index contributed by atoms with van der Waals surface area (Å²) in [5, 5.41) is 10.8. The molecule has 0 bridgehead atoms. The molecule has 1 aromatic carbocycles. The second kappa shape index (κ2) is 6.29. The molecular formula is C17H24N4. The van der Waals surface area contributed by atoms with E-state index in [1.54, 1.807) is 0 Å². The lowest BCUT2D eigenvalue weighted by atomic mass is 9.84. The van der Waals surface area contributed by atoms with E-state index >= 15 is 0 Å². The van der Waals surface area contributed by atoms with Crippen LogP contribution < -0.4 is 5.32 Å². The van der Waals surface area contributed by atoms with Crippen LogP contribution in [0.3, 0.4) is 0 Å². The number of rotatable bonds is 4. The lowest BCUT2D eigenvalue weighted by molar-refractivity contribution is 0.327. The summed E-state index contributed by atoms with van der Waals surface area (Å²) in [7, 11) is 0. The summed E-state index contributed by atoms with van der Waals surface area (Å²) in [4.78, 5) is 4.40. The lowest BCUT2D eigenvalue weighted by Gasteiger charge is -2.29. The van der Waals surface area contributed by atoms with Crippen molar-refractivity contribution in [3.8, 4) is 11.4 Å². The molecule has 3 rings (SSSR count). The van der Waals surface area contributed by atoms with Gasteiger partial charge in [-0.1, -0.05) is 38.3 Å². The average molecular weight is 284 g/mol. The summed E-state index contributed by atoms with van der Waals surface area (Å²) in [5.74, 6) is 2.50. The first-order valence-corrected chi connectivity index (χ1v) is 8.00. The van der Waals surface area contributed by atoms with Gasteiger partial charge in [-0.25, -0.2) is 4.98 Å². The Bertz CT molecular complexity index is 590. The van der Waals surface area contributed by atoms with Crippen molar-refractivity contribution >= 4 is 5.69 Å². The molecule has 1 saturated carbocycles. The van der Waals surface area contributed by atoms with Crippen LogP contribution in [-0.2, 0) is 0 Å². The fraction of sp³-hybridized carbons (Fsp3) is 0.529. The molecule has 2 aromatic rings. The summed E-state index contributed by atoms with van der Waals surface area (Å²) in [6.45, 7) is 4.23. The van der Waals surface area contributed by atoms with Gasteiger partial charge in [0.25, 0.3) is 0 Å². The van der Waals surface area contributed by atoms with Gasteiger partial charge in [-0.3, -0.25) is 5.10 Å². The Hall–Kier alpha value is -1.84. The zero-order chi connectivity index (χ0) is 14.7. The smallest absolute Gasteiger partial charge is 0.181 e. The van der Waals surface area contributed by atoms with Gasteiger partial charge in [-0.05, 0) is 37.8 Å². The number of H-pyrrole nitrogens is 1. The largest absolute Gasteiger partial charge is 0.382 e. The summed E-state index contributed by atoms with van der Waals surface area (Å²) in [6, 6.07) is 9.02. The molecule has 21 heavy (non-hydrogen) atoms. The molecule has 1 fully saturated rings. The first kappa shape index (κ1) is 14.1. The molecule has 0 saturated heterocycles. The molecule has 0 amide bonds. The number of hydrogen-bond donors (Lipinski definition) is 2. The number of benzene rings is 1. The molecule has 112 valence electrons. The van der Waals surface area contributed by atoms with E-state index in [4.69, 9.17) is 0 Å². The fourth-order valence-corrected chi connectivity index (χ4v) is 3.25. The molecule has 1 aliphatic rings. The minimum atomic E-state index is 0.604. The van der Waals surface area contributed by atoms with Crippen LogP contribution in [0.2, 0.25) is 0 Å².